The molecule has 4 N–H and O–H groups in total. The summed E-state index contributed by atoms with van der Waals surface area (Å²) >= 11 is 0. The highest BCUT2D eigenvalue weighted by atomic mass is 19.1. The smallest absolute Gasteiger partial charge is 0.209 e. The monoisotopic (exact) mass is 434 g/mol. The lowest BCUT2D eigenvalue weighted by atomic mass is 10.1. The molecule has 3 heterocycles. The Balaban J connectivity index is 0.000000523. The zero-order valence-corrected chi connectivity index (χ0v) is 17.9. The van der Waals surface area contributed by atoms with Crippen LogP contribution in [-0.4, -0.2) is 50.4 Å². The number of amides is 1. The Hall–Kier alpha value is -4.27. The Kier molecular flexibility index (Phi) is 6.79. The summed E-state index contributed by atoms with van der Waals surface area (Å²) in [5, 5.41) is 9.93. The first-order valence-electron chi connectivity index (χ1n) is 9.63. The van der Waals surface area contributed by atoms with Gasteiger partial charge in [-0.25, -0.2) is 14.4 Å². The summed E-state index contributed by atoms with van der Waals surface area (Å²) in [5.41, 5.74) is 9.46. The number of aromatic nitrogens is 4. The molecule has 4 aromatic rings. The first-order valence-corrected chi connectivity index (χ1v) is 9.63. The van der Waals surface area contributed by atoms with Gasteiger partial charge in [0.1, 0.15) is 11.6 Å². The number of rotatable bonds is 4. The highest BCUT2D eigenvalue weighted by Crippen LogP contribution is 2.35. The number of anilines is 1. The van der Waals surface area contributed by atoms with Gasteiger partial charge in [0.15, 0.2) is 11.6 Å². The van der Waals surface area contributed by atoms with E-state index in [-0.39, 0.29) is 17.4 Å². The second kappa shape index (κ2) is 9.69. The zero-order valence-electron chi connectivity index (χ0n) is 17.9. The molecule has 4 rings (SSSR count). The maximum atomic E-state index is 14.4. The van der Waals surface area contributed by atoms with Crippen LogP contribution in [0.15, 0.2) is 55.0 Å². The molecule has 0 bridgehead atoms. The lowest BCUT2D eigenvalue weighted by molar-refractivity contribution is -0.115. The topological polar surface area (TPSA) is 121 Å². The van der Waals surface area contributed by atoms with Gasteiger partial charge in [0.05, 0.1) is 17.0 Å². The van der Waals surface area contributed by atoms with Gasteiger partial charge in [-0.15, -0.1) is 0 Å². The first kappa shape index (κ1) is 22.4. The summed E-state index contributed by atoms with van der Waals surface area (Å²) in [6, 6.07) is 9.96. The Morgan fingerprint density at radius 3 is 2.44 bits per heavy atom. The van der Waals surface area contributed by atoms with Crippen molar-refractivity contribution in [2.24, 2.45) is 0 Å². The van der Waals surface area contributed by atoms with E-state index in [2.05, 4.69) is 19.9 Å². The molecule has 0 saturated carbocycles. The van der Waals surface area contributed by atoms with Gasteiger partial charge in [-0.05, 0) is 37.3 Å². The van der Waals surface area contributed by atoms with E-state index in [1.165, 1.54) is 23.2 Å². The number of benzene rings is 1. The summed E-state index contributed by atoms with van der Waals surface area (Å²) in [6.07, 6.45) is 5.59. The summed E-state index contributed by atoms with van der Waals surface area (Å²) < 4.78 is 14.4. The Morgan fingerprint density at radius 2 is 1.81 bits per heavy atom. The first-order chi connectivity index (χ1) is 15.3. The minimum atomic E-state index is -0.375. The number of H-pyrrole nitrogens is 1. The second-order valence-electron chi connectivity index (χ2n) is 7.23. The van der Waals surface area contributed by atoms with E-state index in [4.69, 9.17) is 5.73 Å². The van der Waals surface area contributed by atoms with Crippen molar-refractivity contribution in [2.45, 2.75) is 6.92 Å². The molecule has 0 atom stereocenters. The van der Waals surface area contributed by atoms with Gasteiger partial charge in [-0.2, -0.15) is 0 Å². The van der Waals surface area contributed by atoms with E-state index >= 15 is 0 Å². The number of nitrogen functional groups attached to an aromatic ring is 1. The molecule has 164 valence electrons. The van der Waals surface area contributed by atoms with Gasteiger partial charge in [0, 0.05) is 43.8 Å². The van der Waals surface area contributed by atoms with Crippen LogP contribution in [0.5, 0.6) is 5.75 Å². The average Bonchev–Trinajstić information content (AvgIpc) is 3.23. The Labute approximate surface area is 184 Å². The van der Waals surface area contributed by atoms with Crippen molar-refractivity contribution in [3.05, 3.63) is 66.4 Å². The number of imidazole rings is 1. The fourth-order valence-electron chi connectivity index (χ4n) is 2.85. The quantitative estimate of drug-likeness (QED) is 0.422. The minimum Gasteiger partial charge on any atom is -0.504 e. The van der Waals surface area contributed by atoms with Crippen LogP contribution in [-0.2, 0) is 4.79 Å². The number of aromatic hydroxyl groups is 1. The van der Waals surface area contributed by atoms with Crippen LogP contribution in [0.3, 0.4) is 0 Å². The number of carbonyl (C=O) groups is 1. The summed E-state index contributed by atoms with van der Waals surface area (Å²) in [6.45, 7) is 1.89. The van der Waals surface area contributed by atoms with Gasteiger partial charge in [0.2, 0.25) is 6.41 Å². The predicted molar refractivity (Wildman–Crippen MR) is 121 cm³/mol. The third-order valence-corrected chi connectivity index (χ3v) is 4.43. The maximum Gasteiger partial charge on any atom is 0.209 e. The molecule has 9 heteroatoms. The molecule has 0 aliphatic rings. The molecule has 0 saturated heterocycles. The molecule has 1 amide bonds. The van der Waals surface area contributed by atoms with E-state index in [0.717, 1.165) is 17.5 Å². The minimum absolute atomic E-state index is 0.0321. The third-order valence-electron chi connectivity index (χ3n) is 4.43. The van der Waals surface area contributed by atoms with Crippen LogP contribution < -0.4 is 5.73 Å². The van der Waals surface area contributed by atoms with Crippen molar-refractivity contribution >= 4 is 12.2 Å². The molecule has 3 aromatic heterocycles. The molecule has 32 heavy (non-hydrogen) atoms. The Morgan fingerprint density at radius 1 is 1.12 bits per heavy atom. The highest BCUT2D eigenvalue weighted by Gasteiger charge is 2.18. The van der Waals surface area contributed by atoms with Crippen molar-refractivity contribution in [1.82, 2.24) is 24.8 Å². The number of aryl methyl sites for hydroxylation is 1. The predicted octanol–water partition coefficient (Wildman–Crippen LogP) is 3.64. The molecular formula is C23H23FN6O2. The van der Waals surface area contributed by atoms with Gasteiger partial charge >= 0.3 is 0 Å². The van der Waals surface area contributed by atoms with E-state index in [1.807, 2.05) is 19.1 Å². The molecule has 1 aromatic carbocycles. The van der Waals surface area contributed by atoms with Crippen LogP contribution in [0.4, 0.5) is 10.2 Å². The fraction of sp³-hybridized carbons (Fsp3) is 0.130. The summed E-state index contributed by atoms with van der Waals surface area (Å²) in [5.74, 6) is -0.0982. The number of halogens is 1. The van der Waals surface area contributed by atoms with Crippen molar-refractivity contribution in [2.75, 3.05) is 19.8 Å². The highest BCUT2D eigenvalue weighted by molar-refractivity contribution is 5.81. The number of aromatic amines is 1. The van der Waals surface area contributed by atoms with E-state index in [9.17, 15) is 14.3 Å². The van der Waals surface area contributed by atoms with Crippen molar-refractivity contribution in [3.8, 4) is 39.7 Å². The van der Waals surface area contributed by atoms with Gasteiger partial charge < -0.3 is 20.7 Å². The van der Waals surface area contributed by atoms with E-state index in [0.29, 0.717) is 28.3 Å². The number of hydrogen-bond acceptors (Lipinski definition) is 6. The van der Waals surface area contributed by atoms with E-state index < -0.39 is 0 Å². The van der Waals surface area contributed by atoms with Crippen LogP contribution in [0.1, 0.15) is 5.56 Å². The second-order valence-corrected chi connectivity index (χ2v) is 7.23. The largest absolute Gasteiger partial charge is 0.504 e. The standard InChI is InChI=1S/C20H16FN5O.C3H7NO/c1-11-2-3-15(21)14(8-11)20-25-17(12-4-6-23-7-5-12)18(26-20)13-9-16(27)19(22)24-10-13;1-4(2)3-5/h2-10,27H,1H3,(H2,22,24)(H,25,26);3H,1-2H3. The molecule has 0 spiro atoms. The lowest BCUT2D eigenvalue weighted by Gasteiger charge is -2.04. The summed E-state index contributed by atoms with van der Waals surface area (Å²) in [4.78, 5) is 26.7. The van der Waals surface area contributed by atoms with Crippen molar-refractivity contribution in [3.63, 3.8) is 0 Å². The number of hydrogen-bond donors (Lipinski definition) is 3. The van der Waals surface area contributed by atoms with Gasteiger partial charge in [-0.1, -0.05) is 11.6 Å². The van der Waals surface area contributed by atoms with Gasteiger partial charge in [0.25, 0.3) is 0 Å². The third kappa shape index (κ3) is 5.07. The molecule has 0 aliphatic heterocycles. The number of nitrogens with zero attached hydrogens (tertiary/aromatic N) is 4. The summed E-state index contributed by atoms with van der Waals surface area (Å²) in [7, 11) is 3.38. The molecule has 0 fully saturated rings. The molecular weight excluding hydrogens is 411 g/mol. The number of nitrogens with two attached hydrogens (primary N) is 1. The Bertz CT molecular complexity index is 1220. The number of carbonyl (C=O) groups excluding carboxylic acids is 1. The number of nitrogens with one attached hydrogen (secondary N) is 1. The molecule has 0 aliphatic carbocycles. The van der Waals surface area contributed by atoms with Crippen LogP contribution in [0.2, 0.25) is 0 Å². The molecule has 8 nitrogen and oxygen atoms in total. The van der Waals surface area contributed by atoms with Crippen LogP contribution >= 0.6 is 0 Å². The van der Waals surface area contributed by atoms with Crippen LogP contribution in [0, 0.1) is 12.7 Å². The lowest BCUT2D eigenvalue weighted by Crippen LogP contribution is -2.06. The van der Waals surface area contributed by atoms with Gasteiger partial charge in [-0.3, -0.25) is 9.78 Å². The van der Waals surface area contributed by atoms with Crippen molar-refractivity contribution in [1.29, 1.82) is 0 Å². The molecule has 0 unspecified atom stereocenters. The molecule has 0 radical (unpaired) electrons. The van der Waals surface area contributed by atoms with Crippen molar-refractivity contribution < 1.29 is 14.3 Å². The average molecular weight is 434 g/mol. The van der Waals surface area contributed by atoms with E-state index in [1.54, 1.807) is 38.6 Å². The fourth-order valence-corrected chi connectivity index (χ4v) is 2.85. The zero-order chi connectivity index (χ0) is 23.3. The SMILES string of the molecule is CN(C)C=O.Cc1ccc(F)c(-c2nc(-c3cnc(N)c(O)c3)c(-c3ccncc3)[nH]2)c1. The number of pyridine rings is 2. The normalized spacial score (nSPS) is 10.2. The maximum absolute atomic E-state index is 14.4. The van der Waals surface area contributed by atoms with Crippen LogP contribution in [0.25, 0.3) is 33.9 Å².